The van der Waals surface area contributed by atoms with Crippen LogP contribution in [0.25, 0.3) is 0 Å². The van der Waals surface area contributed by atoms with Gasteiger partial charge in [-0.15, -0.1) is 0 Å². The molecule has 4 nitrogen and oxygen atoms in total. The molecule has 0 spiro atoms. The SMILES string of the molecule is Cc1nn(C)c(N2CCc3ccccc3CC2)c1CO. The molecule has 0 aliphatic carbocycles. The van der Waals surface area contributed by atoms with Crippen LogP contribution in [-0.2, 0) is 26.5 Å². The normalized spacial score (nSPS) is 15.1. The Morgan fingerprint density at radius 1 is 1.15 bits per heavy atom. The molecule has 106 valence electrons. The summed E-state index contributed by atoms with van der Waals surface area (Å²) in [7, 11) is 1.96. The molecule has 1 aliphatic heterocycles. The maximum Gasteiger partial charge on any atom is 0.132 e. The Kier molecular flexibility index (Phi) is 3.49. The molecule has 3 rings (SSSR count). The van der Waals surface area contributed by atoms with Crippen LogP contribution >= 0.6 is 0 Å². The first-order chi connectivity index (χ1) is 9.70. The van der Waals surface area contributed by atoms with Gasteiger partial charge in [0.1, 0.15) is 5.82 Å². The predicted molar refractivity (Wildman–Crippen MR) is 79.9 cm³/mol. The van der Waals surface area contributed by atoms with Gasteiger partial charge in [0.15, 0.2) is 0 Å². The van der Waals surface area contributed by atoms with Crippen LogP contribution in [0.2, 0.25) is 0 Å². The van der Waals surface area contributed by atoms with E-state index < -0.39 is 0 Å². The number of aliphatic hydroxyl groups excluding tert-OH is 1. The minimum Gasteiger partial charge on any atom is -0.391 e. The van der Waals surface area contributed by atoms with E-state index in [2.05, 4.69) is 34.3 Å². The Morgan fingerprint density at radius 3 is 2.30 bits per heavy atom. The third-order valence-electron chi connectivity index (χ3n) is 4.19. The van der Waals surface area contributed by atoms with Crippen molar-refractivity contribution in [1.82, 2.24) is 9.78 Å². The summed E-state index contributed by atoms with van der Waals surface area (Å²) in [6.07, 6.45) is 2.09. The van der Waals surface area contributed by atoms with Gasteiger partial charge in [-0.25, -0.2) is 0 Å². The standard InChI is InChI=1S/C16H21N3O/c1-12-15(11-20)16(18(2)17-12)19-9-7-13-5-3-4-6-14(13)8-10-19/h3-6,20H,7-11H2,1-2H3. The molecular weight excluding hydrogens is 250 g/mol. The molecular formula is C16H21N3O. The Morgan fingerprint density at radius 2 is 1.75 bits per heavy atom. The van der Waals surface area contributed by atoms with Gasteiger partial charge in [0.2, 0.25) is 0 Å². The fourth-order valence-corrected chi connectivity index (χ4v) is 3.15. The molecule has 0 unspecified atom stereocenters. The summed E-state index contributed by atoms with van der Waals surface area (Å²) in [5, 5.41) is 14.1. The second-order valence-corrected chi connectivity index (χ2v) is 5.43. The van der Waals surface area contributed by atoms with Gasteiger partial charge in [0.05, 0.1) is 12.3 Å². The molecule has 1 aliphatic rings. The lowest BCUT2D eigenvalue weighted by molar-refractivity contribution is 0.281. The van der Waals surface area contributed by atoms with Crippen LogP contribution in [0.1, 0.15) is 22.4 Å². The Balaban J connectivity index is 1.91. The van der Waals surface area contributed by atoms with Gasteiger partial charge in [-0.05, 0) is 30.9 Å². The molecule has 2 heterocycles. The Bertz CT molecular complexity index is 591. The van der Waals surface area contributed by atoms with Crippen LogP contribution in [0.4, 0.5) is 5.82 Å². The van der Waals surface area contributed by atoms with Gasteiger partial charge in [-0.1, -0.05) is 24.3 Å². The number of hydrogen-bond acceptors (Lipinski definition) is 3. The quantitative estimate of drug-likeness (QED) is 0.906. The van der Waals surface area contributed by atoms with Gasteiger partial charge in [0, 0.05) is 25.7 Å². The minimum absolute atomic E-state index is 0.0540. The van der Waals surface area contributed by atoms with Crippen LogP contribution in [0, 0.1) is 6.92 Å². The zero-order valence-corrected chi connectivity index (χ0v) is 12.1. The number of rotatable bonds is 2. The Hall–Kier alpha value is -1.81. The minimum atomic E-state index is 0.0540. The van der Waals surface area contributed by atoms with Gasteiger partial charge in [-0.2, -0.15) is 5.10 Å². The van der Waals surface area contributed by atoms with E-state index in [1.165, 1.54) is 11.1 Å². The van der Waals surface area contributed by atoms with E-state index in [-0.39, 0.29) is 6.61 Å². The summed E-state index contributed by atoms with van der Waals surface area (Å²) in [5.41, 5.74) is 4.77. The number of benzene rings is 1. The van der Waals surface area contributed by atoms with Crippen molar-refractivity contribution in [3.63, 3.8) is 0 Å². The van der Waals surface area contributed by atoms with Gasteiger partial charge in [-0.3, -0.25) is 4.68 Å². The average Bonchev–Trinajstić information content (AvgIpc) is 2.63. The molecule has 4 heteroatoms. The van der Waals surface area contributed by atoms with Gasteiger partial charge >= 0.3 is 0 Å². The first-order valence-electron chi connectivity index (χ1n) is 7.15. The lowest BCUT2D eigenvalue weighted by atomic mass is 10.0. The zero-order valence-electron chi connectivity index (χ0n) is 12.1. The van der Waals surface area contributed by atoms with Crippen LogP contribution in [0.3, 0.4) is 0 Å². The maximum absolute atomic E-state index is 9.61. The van der Waals surface area contributed by atoms with E-state index in [4.69, 9.17) is 0 Å². The lowest BCUT2D eigenvalue weighted by Gasteiger charge is -2.23. The summed E-state index contributed by atoms with van der Waals surface area (Å²) in [6.45, 7) is 3.96. The molecule has 1 aromatic heterocycles. The fraction of sp³-hybridized carbons (Fsp3) is 0.438. The number of aromatic nitrogens is 2. The molecule has 0 saturated carbocycles. The van der Waals surface area contributed by atoms with E-state index in [1.807, 2.05) is 18.7 Å². The smallest absolute Gasteiger partial charge is 0.132 e. The number of aryl methyl sites for hydroxylation is 2. The molecule has 0 bridgehead atoms. The largest absolute Gasteiger partial charge is 0.391 e. The average molecular weight is 271 g/mol. The van der Waals surface area contributed by atoms with Crippen molar-refractivity contribution >= 4 is 5.82 Å². The van der Waals surface area contributed by atoms with Crippen LogP contribution in [0.15, 0.2) is 24.3 Å². The Labute approximate surface area is 119 Å². The summed E-state index contributed by atoms with van der Waals surface area (Å²) in [5.74, 6) is 1.07. The summed E-state index contributed by atoms with van der Waals surface area (Å²) in [6, 6.07) is 8.67. The summed E-state index contributed by atoms with van der Waals surface area (Å²) >= 11 is 0. The van der Waals surface area contributed by atoms with Crippen molar-refractivity contribution in [2.24, 2.45) is 7.05 Å². The van der Waals surface area contributed by atoms with Crippen molar-refractivity contribution in [2.45, 2.75) is 26.4 Å². The van der Waals surface area contributed by atoms with Crippen LogP contribution in [0.5, 0.6) is 0 Å². The van der Waals surface area contributed by atoms with Crippen molar-refractivity contribution < 1.29 is 5.11 Å². The number of aliphatic hydroxyl groups is 1. The van der Waals surface area contributed by atoms with E-state index in [9.17, 15) is 5.11 Å². The second-order valence-electron chi connectivity index (χ2n) is 5.43. The highest BCUT2D eigenvalue weighted by atomic mass is 16.3. The molecule has 0 amide bonds. The maximum atomic E-state index is 9.61. The van der Waals surface area contributed by atoms with Crippen molar-refractivity contribution in [3.8, 4) is 0 Å². The second kappa shape index (κ2) is 5.29. The highest BCUT2D eigenvalue weighted by molar-refractivity contribution is 5.51. The third-order valence-corrected chi connectivity index (χ3v) is 4.19. The highest BCUT2D eigenvalue weighted by Crippen LogP contribution is 2.26. The third kappa shape index (κ3) is 2.20. The summed E-state index contributed by atoms with van der Waals surface area (Å²) < 4.78 is 1.90. The lowest BCUT2D eigenvalue weighted by Crippen LogP contribution is -2.29. The highest BCUT2D eigenvalue weighted by Gasteiger charge is 2.21. The van der Waals surface area contributed by atoms with E-state index >= 15 is 0 Å². The molecule has 20 heavy (non-hydrogen) atoms. The topological polar surface area (TPSA) is 41.3 Å². The molecule has 1 N–H and O–H groups in total. The van der Waals surface area contributed by atoms with Crippen molar-refractivity contribution in [1.29, 1.82) is 0 Å². The van der Waals surface area contributed by atoms with E-state index in [1.54, 1.807) is 0 Å². The molecule has 0 atom stereocenters. The van der Waals surface area contributed by atoms with Crippen molar-refractivity contribution in [3.05, 3.63) is 46.6 Å². The van der Waals surface area contributed by atoms with Crippen LogP contribution in [-0.4, -0.2) is 28.0 Å². The van der Waals surface area contributed by atoms with Gasteiger partial charge in [0.25, 0.3) is 0 Å². The zero-order chi connectivity index (χ0) is 14.1. The fourth-order valence-electron chi connectivity index (χ4n) is 3.15. The number of anilines is 1. The first kappa shape index (κ1) is 13.2. The molecule has 2 aromatic rings. The predicted octanol–water partition coefficient (Wildman–Crippen LogP) is 1.83. The first-order valence-corrected chi connectivity index (χ1v) is 7.15. The number of fused-ring (bicyclic) bond motifs is 1. The molecule has 1 aromatic carbocycles. The monoisotopic (exact) mass is 271 g/mol. The van der Waals surface area contributed by atoms with Gasteiger partial charge < -0.3 is 10.0 Å². The van der Waals surface area contributed by atoms with E-state index in [0.29, 0.717) is 0 Å². The molecule has 0 radical (unpaired) electrons. The molecule has 0 fully saturated rings. The number of hydrogen-bond donors (Lipinski definition) is 1. The van der Waals surface area contributed by atoms with Crippen LogP contribution < -0.4 is 4.90 Å². The van der Waals surface area contributed by atoms with E-state index in [0.717, 1.165) is 43.0 Å². The summed E-state index contributed by atoms with van der Waals surface area (Å²) in [4.78, 5) is 2.35. The van der Waals surface area contributed by atoms with Crippen molar-refractivity contribution in [2.75, 3.05) is 18.0 Å². The number of nitrogens with zero attached hydrogens (tertiary/aromatic N) is 3. The molecule has 0 saturated heterocycles.